The summed E-state index contributed by atoms with van der Waals surface area (Å²) in [5.41, 5.74) is 0.961. The predicted octanol–water partition coefficient (Wildman–Crippen LogP) is 5.39. The Labute approximate surface area is 165 Å². The summed E-state index contributed by atoms with van der Waals surface area (Å²) >= 11 is 0. The Bertz CT molecular complexity index is 790. The largest absolute Gasteiger partial charge is 0.504 e. The Morgan fingerprint density at radius 2 is 1.86 bits per heavy atom. The highest BCUT2D eigenvalue weighted by Gasteiger charge is 2.14. The number of halogens is 1. The van der Waals surface area contributed by atoms with Crippen molar-refractivity contribution < 1.29 is 28.5 Å². The number of phenolic OH excluding ortho intramolecular Hbond substituents is 1. The quantitative estimate of drug-likeness (QED) is 0.551. The lowest BCUT2D eigenvalue weighted by atomic mass is 10.1. The minimum Gasteiger partial charge on any atom is -0.504 e. The molecule has 0 fully saturated rings. The first-order chi connectivity index (χ1) is 13.5. The second kappa shape index (κ2) is 10.5. The third-order valence-corrected chi connectivity index (χ3v) is 4.29. The number of rotatable bonds is 10. The fourth-order valence-corrected chi connectivity index (χ4v) is 2.68. The van der Waals surface area contributed by atoms with Crippen molar-refractivity contribution in [1.82, 2.24) is 0 Å². The van der Waals surface area contributed by atoms with Crippen LogP contribution < -0.4 is 9.47 Å². The molecule has 1 unspecified atom stereocenters. The van der Waals surface area contributed by atoms with E-state index in [0.29, 0.717) is 25.2 Å². The van der Waals surface area contributed by atoms with Crippen molar-refractivity contribution in [3.63, 3.8) is 0 Å². The number of aryl methyl sites for hydroxylation is 1. The maximum atomic E-state index is 14.4. The molecule has 6 heteroatoms. The van der Waals surface area contributed by atoms with Gasteiger partial charge in [0.1, 0.15) is 5.75 Å². The molecule has 0 aromatic heterocycles. The van der Waals surface area contributed by atoms with E-state index in [1.54, 1.807) is 25.1 Å². The summed E-state index contributed by atoms with van der Waals surface area (Å²) < 4.78 is 30.6. The van der Waals surface area contributed by atoms with E-state index in [1.165, 1.54) is 12.1 Å². The van der Waals surface area contributed by atoms with E-state index in [1.807, 2.05) is 19.9 Å². The van der Waals surface area contributed by atoms with Crippen molar-refractivity contribution in [2.45, 2.75) is 52.6 Å². The fourth-order valence-electron chi connectivity index (χ4n) is 2.68. The minimum absolute atomic E-state index is 0.00790. The molecule has 28 heavy (non-hydrogen) atoms. The molecule has 0 saturated heterocycles. The third kappa shape index (κ3) is 6.15. The molecule has 2 rings (SSSR count). The van der Waals surface area contributed by atoms with Crippen LogP contribution in [0.2, 0.25) is 0 Å². The second-order valence-corrected chi connectivity index (χ2v) is 6.34. The van der Waals surface area contributed by atoms with Crippen LogP contribution >= 0.6 is 0 Å². The molecule has 0 heterocycles. The van der Waals surface area contributed by atoms with Gasteiger partial charge in [-0.25, -0.2) is 4.39 Å². The smallest absolute Gasteiger partial charge is 0.305 e. The van der Waals surface area contributed by atoms with Gasteiger partial charge in [0.15, 0.2) is 23.1 Å². The summed E-state index contributed by atoms with van der Waals surface area (Å²) in [6, 6.07) is 9.32. The molecule has 0 bridgehead atoms. The molecule has 2 aromatic carbocycles. The Morgan fingerprint density at radius 3 is 2.46 bits per heavy atom. The number of esters is 1. The molecule has 0 spiro atoms. The van der Waals surface area contributed by atoms with Gasteiger partial charge < -0.3 is 19.3 Å². The van der Waals surface area contributed by atoms with Gasteiger partial charge in [0.05, 0.1) is 12.7 Å². The van der Waals surface area contributed by atoms with Gasteiger partial charge in [-0.1, -0.05) is 19.9 Å². The van der Waals surface area contributed by atoms with E-state index in [9.17, 15) is 14.3 Å². The molecule has 0 aliphatic rings. The number of phenols is 1. The molecule has 1 atom stereocenters. The first-order valence-electron chi connectivity index (χ1n) is 9.58. The maximum Gasteiger partial charge on any atom is 0.305 e. The molecule has 0 aliphatic carbocycles. The van der Waals surface area contributed by atoms with Gasteiger partial charge >= 0.3 is 5.97 Å². The molecular weight excluding hydrogens is 363 g/mol. The molecule has 152 valence electrons. The van der Waals surface area contributed by atoms with E-state index >= 15 is 0 Å². The van der Waals surface area contributed by atoms with Crippen LogP contribution in [0.3, 0.4) is 0 Å². The second-order valence-electron chi connectivity index (χ2n) is 6.34. The summed E-state index contributed by atoms with van der Waals surface area (Å²) in [6.45, 7) is 6.02. The van der Waals surface area contributed by atoms with Crippen LogP contribution in [0.15, 0.2) is 36.4 Å². The van der Waals surface area contributed by atoms with Crippen LogP contribution in [0.5, 0.6) is 23.0 Å². The standard InChI is InChI=1S/C22H27FO5/c1-4-15-7-10-21(19(24)13-15)28-20-11-8-17(14-18(20)23)27-16(5-2)9-12-22(25)26-6-3/h7-8,10-11,13-14,16,24H,4-6,9,12H2,1-3H3. The molecule has 5 nitrogen and oxygen atoms in total. The molecule has 0 saturated carbocycles. The Balaban J connectivity index is 2.01. The number of benzene rings is 2. The zero-order valence-corrected chi connectivity index (χ0v) is 16.5. The Morgan fingerprint density at radius 1 is 1.11 bits per heavy atom. The molecule has 0 aliphatic heterocycles. The number of hydrogen-bond donors (Lipinski definition) is 1. The van der Waals surface area contributed by atoms with Gasteiger partial charge in [0.25, 0.3) is 0 Å². The Kier molecular flexibility index (Phi) is 8.11. The Hall–Kier alpha value is -2.76. The number of carbonyl (C=O) groups excluding carboxylic acids is 1. The number of hydrogen-bond acceptors (Lipinski definition) is 5. The van der Waals surface area contributed by atoms with Crippen molar-refractivity contribution in [1.29, 1.82) is 0 Å². The van der Waals surface area contributed by atoms with Gasteiger partial charge in [-0.2, -0.15) is 0 Å². The molecule has 0 amide bonds. The van der Waals surface area contributed by atoms with E-state index in [2.05, 4.69) is 0 Å². The summed E-state index contributed by atoms with van der Waals surface area (Å²) in [6.07, 6.45) is 1.98. The van der Waals surface area contributed by atoms with Crippen LogP contribution in [0, 0.1) is 5.82 Å². The first-order valence-corrected chi connectivity index (χ1v) is 9.58. The lowest BCUT2D eigenvalue weighted by Gasteiger charge is -2.18. The highest BCUT2D eigenvalue weighted by Crippen LogP contribution is 2.34. The third-order valence-electron chi connectivity index (χ3n) is 4.29. The van der Waals surface area contributed by atoms with Crippen LogP contribution in [-0.4, -0.2) is 23.8 Å². The molecule has 0 radical (unpaired) electrons. The zero-order chi connectivity index (χ0) is 20.5. The SMILES string of the molecule is CCOC(=O)CCC(CC)Oc1ccc(Oc2ccc(CC)cc2O)c(F)c1. The van der Waals surface area contributed by atoms with Crippen LogP contribution in [0.4, 0.5) is 4.39 Å². The van der Waals surface area contributed by atoms with Gasteiger partial charge in [0.2, 0.25) is 0 Å². The van der Waals surface area contributed by atoms with E-state index in [-0.39, 0.29) is 35.7 Å². The highest BCUT2D eigenvalue weighted by molar-refractivity contribution is 5.69. The minimum atomic E-state index is -0.600. The van der Waals surface area contributed by atoms with Gasteiger partial charge in [0, 0.05) is 12.5 Å². The van der Waals surface area contributed by atoms with Gasteiger partial charge in [-0.05, 0) is 56.0 Å². The van der Waals surface area contributed by atoms with Crippen molar-refractivity contribution in [3.8, 4) is 23.0 Å². The van der Waals surface area contributed by atoms with Crippen LogP contribution in [-0.2, 0) is 16.0 Å². The average Bonchev–Trinajstić information content (AvgIpc) is 2.68. The van der Waals surface area contributed by atoms with Crippen LogP contribution in [0.25, 0.3) is 0 Å². The van der Waals surface area contributed by atoms with E-state index < -0.39 is 5.82 Å². The normalized spacial score (nSPS) is 11.7. The lowest BCUT2D eigenvalue weighted by molar-refractivity contribution is -0.143. The lowest BCUT2D eigenvalue weighted by Crippen LogP contribution is -2.18. The van der Waals surface area contributed by atoms with Gasteiger partial charge in [-0.3, -0.25) is 4.79 Å². The fraction of sp³-hybridized carbons (Fsp3) is 0.409. The summed E-state index contributed by atoms with van der Waals surface area (Å²) in [4.78, 5) is 11.5. The summed E-state index contributed by atoms with van der Waals surface area (Å²) in [7, 11) is 0. The number of carbonyl (C=O) groups is 1. The van der Waals surface area contributed by atoms with Gasteiger partial charge in [-0.15, -0.1) is 0 Å². The topological polar surface area (TPSA) is 65.0 Å². The number of aromatic hydroxyl groups is 1. The molecule has 1 N–H and O–H groups in total. The summed E-state index contributed by atoms with van der Waals surface area (Å²) in [5, 5.41) is 10.0. The molecule has 2 aromatic rings. The van der Waals surface area contributed by atoms with E-state index in [0.717, 1.165) is 12.0 Å². The van der Waals surface area contributed by atoms with Crippen molar-refractivity contribution in [2.24, 2.45) is 0 Å². The van der Waals surface area contributed by atoms with Crippen molar-refractivity contribution >= 4 is 5.97 Å². The number of ether oxygens (including phenoxy) is 3. The summed E-state index contributed by atoms with van der Waals surface area (Å²) in [5.74, 6) is -0.377. The van der Waals surface area contributed by atoms with Crippen molar-refractivity contribution in [2.75, 3.05) is 6.61 Å². The monoisotopic (exact) mass is 390 g/mol. The predicted molar refractivity (Wildman–Crippen MR) is 105 cm³/mol. The maximum absolute atomic E-state index is 14.4. The van der Waals surface area contributed by atoms with Crippen LogP contribution in [0.1, 0.15) is 45.6 Å². The molecular formula is C22H27FO5. The van der Waals surface area contributed by atoms with E-state index in [4.69, 9.17) is 14.2 Å². The average molecular weight is 390 g/mol. The first kappa shape index (κ1) is 21.5. The zero-order valence-electron chi connectivity index (χ0n) is 16.5. The van der Waals surface area contributed by atoms with Crippen molar-refractivity contribution in [3.05, 3.63) is 47.8 Å². The highest BCUT2D eigenvalue weighted by atomic mass is 19.1.